The third-order valence-electron chi connectivity index (χ3n) is 6.03. The van der Waals surface area contributed by atoms with Gasteiger partial charge in [0, 0.05) is 38.3 Å². The van der Waals surface area contributed by atoms with E-state index in [2.05, 4.69) is 12.1 Å². The molecule has 0 unspecified atom stereocenters. The number of benzene rings is 2. The van der Waals surface area contributed by atoms with Gasteiger partial charge in [-0.25, -0.2) is 4.39 Å². The van der Waals surface area contributed by atoms with Crippen molar-refractivity contribution < 1.29 is 13.9 Å². The fraction of sp³-hybridized carbons (Fsp3) is 0.409. The average Bonchev–Trinajstić information content (AvgIpc) is 3.10. The second-order valence-electron chi connectivity index (χ2n) is 7.59. The lowest BCUT2D eigenvalue weighted by atomic mass is 9.73. The number of rotatable bonds is 3. The Kier molecular flexibility index (Phi) is 6.38. The molecule has 28 heavy (non-hydrogen) atoms. The smallest absolute Gasteiger partial charge is 0.233 e. The molecule has 2 atom stereocenters. The topological polar surface area (TPSA) is 55.6 Å². The number of ether oxygens (including phenoxy) is 1. The largest absolute Gasteiger partial charge is 0.381 e. The number of halogens is 2. The summed E-state index contributed by atoms with van der Waals surface area (Å²) in [6, 6.07) is 16.4. The second kappa shape index (κ2) is 8.60. The molecule has 2 aromatic carbocycles. The number of hydrogen-bond acceptors (Lipinski definition) is 3. The fourth-order valence-electron chi connectivity index (χ4n) is 4.47. The van der Waals surface area contributed by atoms with Crippen LogP contribution in [0.4, 0.5) is 4.39 Å². The van der Waals surface area contributed by atoms with Gasteiger partial charge in [-0.3, -0.25) is 4.79 Å². The van der Waals surface area contributed by atoms with Crippen molar-refractivity contribution in [2.45, 2.75) is 30.2 Å². The summed E-state index contributed by atoms with van der Waals surface area (Å²) in [6.45, 7) is 2.23. The Morgan fingerprint density at radius 2 is 1.68 bits per heavy atom. The van der Waals surface area contributed by atoms with Crippen molar-refractivity contribution >= 4 is 18.3 Å². The first kappa shape index (κ1) is 20.8. The molecule has 2 heterocycles. The molecule has 0 radical (unpaired) electrons. The molecular formula is C22H26ClFN2O2. The Labute approximate surface area is 171 Å². The van der Waals surface area contributed by atoms with Crippen LogP contribution in [0.5, 0.6) is 0 Å². The zero-order valence-corrected chi connectivity index (χ0v) is 16.5. The first-order valence-corrected chi connectivity index (χ1v) is 9.54. The van der Waals surface area contributed by atoms with Gasteiger partial charge < -0.3 is 15.4 Å². The lowest BCUT2D eigenvalue weighted by molar-refractivity contribution is -0.140. The van der Waals surface area contributed by atoms with Crippen LogP contribution < -0.4 is 5.73 Å². The Bertz CT molecular complexity index is 794. The predicted octanol–water partition coefficient (Wildman–Crippen LogP) is 3.25. The van der Waals surface area contributed by atoms with E-state index in [1.165, 1.54) is 17.7 Å². The standard InChI is InChI=1S/C22H25FN2O2.ClH/c23-18-8-6-17(7-9-18)22(10-12-27-13-11-22)21(26)25-14-19(20(24)15-25)16-4-2-1-3-5-16;/h1-9,19-20H,10-15,24H2;1H/t19-,20+;/m0./s1. The van der Waals surface area contributed by atoms with Gasteiger partial charge in [0.1, 0.15) is 5.82 Å². The van der Waals surface area contributed by atoms with Crippen molar-refractivity contribution in [1.29, 1.82) is 0 Å². The zero-order valence-electron chi connectivity index (χ0n) is 15.7. The number of carbonyl (C=O) groups is 1. The maximum absolute atomic E-state index is 13.7. The van der Waals surface area contributed by atoms with Crippen molar-refractivity contribution in [2.24, 2.45) is 5.73 Å². The molecule has 2 aromatic rings. The van der Waals surface area contributed by atoms with E-state index in [0.717, 1.165) is 5.56 Å². The summed E-state index contributed by atoms with van der Waals surface area (Å²) >= 11 is 0. The van der Waals surface area contributed by atoms with Gasteiger partial charge in [0.2, 0.25) is 5.91 Å². The molecule has 0 spiro atoms. The van der Waals surface area contributed by atoms with Crippen LogP contribution in [0.1, 0.15) is 29.9 Å². The minimum Gasteiger partial charge on any atom is -0.381 e. The van der Waals surface area contributed by atoms with E-state index in [-0.39, 0.29) is 36.1 Å². The van der Waals surface area contributed by atoms with Gasteiger partial charge in [0.05, 0.1) is 5.41 Å². The molecule has 2 aliphatic heterocycles. The first-order chi connectivity index (χ1) is 13.1. The minimum atomic E-state index is -0.656. The van der Waals surface area contributed by atoms with E-state index >= 15 is 0 Å². The Morgan fingerprint density at radius 3 is 2.32 bits per heavy atom. The van der Waals surface area contributed by atoms with Crippen LogP contribution in [-0.4, -0.2) is 43.2 Å². The van der Waals surface area contributed by atoms with E-state index < -0.39 is 5.41 Å². The molecule has 1 amide bonds. The minimum absolute atomic E-state index is 0. The molecule has 0 saturated carbocycles. The van der Waals surface area contributed by atoms with Crippen LogP contribution in [0.25, 0.3) is 0 Å². The molecule has 150 valence electrons. The molecular weight excluding hydrogens is 379 g/mol. The predicted molar refractivity (Wildman–Crippen MR) is 109 cm³/mol. The van der Waals surface area contributed by atoms with Crippen molar-refractivity contribution in [2.75, 3.05) is 26.3 Å². The summed E-state index contributed by atoms with van der Waals surface area (Å²) in [5.41, 5.74) is 7.79. The molecule has 2 saturated heterocycles. The summed E-state index contributed by atoms with van der Waals surface area (Å²) in [5.74, 6) is -0.0627. The lowest BCUT2D eigenvalue weighted by Gasteiger charge is -2.39. The molecule has 6 heteroatoms. The van der Waals surface area contributed by atoms with Crippen molar-refractivity contribution in [3.05, 3.63) is 71.5 Å². The molecule has 2 aliphatic rings. The van der Waals surface area contributed by atoms with Gasteiger partial charge in [0.25, 0.3) is 0 Å². The van der Waals surface area contributed by atoms with Gasteiger partial charge in [0.15, 0.2) is 0 Å². The highest BCUT2D eigenvalue weighted by Gasteiger charge is 2.46. The molecule has 0 aliphatic carbocycles. The summed E-state index contributed by atoms with van der Waals surface area (Å²) < 4.78 is 19.0. The highest BCUT2D eigenvalue weighted by molar-refractivity contribution is 5.89. The molecule has 0 bridgehead atoms. The Balaban J connectivity index is 0.00000225. The summed E-state index contributed by atoms with van der Waals surface area (Å²) in [6.07, 6.45) is 1.22. The van der Waals surface area contributed by atoms with Crippen molar-refractivity contribution in [3.63, 3.8) is 0 Å². The van der Waals surface area contributed by atoms with Crippen LogP contribution in [0.15, 0.2) is 54.6 Å². The van der Waals surface area contributed by atoms with E-state index in [9.17, 15) is 9.18 Å². The Morgan fingerprint density at radius 1 is 1.04 bits per heavy atom. The number of hydrogen-bond donors (Lipinski definition) is 1. The molecule has 2 N–H and O–H groups in total. The third kappa shape index (κ3) is 3.79. The van der Waals surface area contributed by atoms with E-state index in [1.807, 2.05) is 23.1 Å². The van der Waals surface area contributed by atoms with Crippen LogP contribution >= 0.6 is 12.4 Å². The van der Waals surface area contributed by atoms with Crippen LogP contribution in [-0.2, 0) is 14.9 Å². The van der Waals surface area contributed by atoms with Gasteiger partial charge in [-0.1, -0.05) is 42.5 Å². The number of nitrogens with zero attached hydrogens (tertiary/aromatic N) is 1. The number of likely N-dealkylation sites (tertiary alicyclic amines) is 1. The summed E-state index contributed by atoms with van der Waals surface area (Å²) in [7, 11) is 0. The average molecular weight is 405 g/mol. The number of nitrogens with two attached hydrogens (primary N) is 1. The molecule has 2 fully saturated rings. The molecule has 4 rings (SSSR count). The van der Waals surface area contributed by atoms with Crippen molar-refractivity contribution in [1.82, 2.24) is 4.90 Å². The second-order valence-corrected chi connectivity index (χ2v) is 7.59. The number of amides is 1. The first-order valence-electron chi connectivity index (χ1n) is 9.54. The summed E-state index contributed by atoms with van der Waals surface area (Å²) in [5, 5.41) is 0. The number of carbonyl (C=O) groups excluding carboxylic acids is 1. The normalized spacial score (nSPS) is 23.9. The maximum atomic E-state index is 13.7. The summed E-state index contributed by atoms with van der Waals surface area (Å²) in [4.78, 5) is 15.6. The van der Waals surface area contributed by atoms with Crippen LogP contribution in [0, 0.1) is 5.82 Å². The van der Waals surface area contributed by atoms with Gasteiger partial charge in [-0.05, 0) is 36.1 Å². The Hall–Kier alpha value is -1.95. The van der Waals surface area contributed by atoms with Crippen LogP contribution in [0.3, 0.4) is 0 Å². The monoisotopic (exact) mass is 404 g/mol. The maximum Gasteiger partial charge on any atom is 0.233 e. The highest BCUT2D eigenvalue weighted by Crippen LogP contribution is 2.39. The van der Waals surface area contributed by atoms with Crippen LogP contribution in [0.2, 0.25) is 0 Å². The van der Waals surface area contributed by atoms with E-state index in [1.54, 1.807) is 12.1 Å². The van der Waals surface area contributed by atoms with Gasteiger partial charge >= 0.3 is 0 Å². The fourth-order valence-corrected chi connectivity index (χ4v) is 4.47. The molecule has 4 nitrogen and oxygen atoms in total. The SMILES string of the molecule is Cl.N[C@@H]1CN(C(=O)C2(c3ccc(F)cc3)CCOCC2)C[C@H]1c1ccccc1. The highest BCUT2D eigenvalue weighted by atomic mass is 35.5. The third-order valence-corrected chi connectivity index (χ3v) is 6.03. The lowest BCUT2D eigenvalue weighted by Crippen LogP contribution is -2.49. The zero-order chi connectivity index (χ0) is 18.9. The van der Waals surface area contributed by atoms with E-state index in [0.29, 0.717) is 39.1 Å². The van der Waals surface area contributed by atoms with Crippen molar-refractivity contribution in [3.8, 4) is 0 Å². The quantitative estimate of drug-likeness (QED) is 0.854. The van der Waals surface area contributed by atoms with Gasteiger partial charge in [-0.15, -0.1) is 12.4 Å². The van der Waals surface area contributed by atoms with E-state index in [4.69, 9.17) is 10.5 Å². The van der Waals surface area contributed by atoms with Gasteiger partial charge in [-0.2, -0.15) is 0 Å². The molecule has 0 aromatic heterocycles.